The molecule has 1 fully saturated rings. The summed E-state index contributed by atoms with van der Waals surface area (Å²) in [7, 11) is 0. The lowest BCUT2D eigenvalue weighted by atomic mass is 10.1. The van der Waals surface area contributed by atoms with Gasteiger partial charge in [0.25, 0.3) is 0 Å². The van der Waals surface area contributed by atoms with Crippen LogP contribution in [0.5, 0.6) is 0 Å². The molecule has 2 heterocycles. The Labute approximate surface area is 147 Å². The molecule has 2 N–H and O–H groups in total. The Morgan fingerprint density at radius 3 is 2.68 bits per heavy atom. The number of carbonyl (C=O) groups excluding carboxylic acids is 2. The summed E-state index contributed by atoms with van der Waals surface area (Å²) in [6.45, 7) is 1.91. The summed E-state index contributed by atoms with van der Waals surface area (Å²) in [5, 5.41) is 5.56. The topological polar surface area (TPSA) is 61.4 Å². The second kappa shape index (κ2) is 6.59. The number of para-hydroxylation sites is 1. The van der Waals surface area contributed by atoms with E-state index < -0.39 is 6.04 Å². The molecular weight excluding hydrogens is 314 g/mol. The maximum atomic E-state index is 12.1. The molecule has 128 valence electrons. The van der Waals surface area contributed by atoms with Crippen LogP contribution in [0.2, 0.25) is 0 Å². The van der Waals surface area contributed by atoms with Crippen LogP contribution in [-0.4, -0.2) is 24.4 Å². The molecule has 2 aliphatic heterocycles. The van der Waals surface area contributed by atoms with Gasteiger partial charge in [-0.2, -0.15) is 0 Å². The van der Waals surface area contributed by atoms with Crippen molar-refractivity contribution in [1.29, 1.82) is 0 Å². The largest absolute Gasteiger partial charge is 0.367 e. The van der Waals surface area contributed by atoms with E-state index in [4.69, 9.17) is 0 Å². The summed E-state index contributed by atoms with van der Waals surface area (Å²) in [6, 6.07) is 16.1. The third-order valence-electron chi connectivity index (χ3n) is 4.89. The molecule has 4 rings (SSSR count). The molecule has 0 radical (unpaired) electrons. The second-order valence-electron chi connectivity index (χ2n) is 6.65. The predicted molar refractivity (Wildman–Crippen MR) is 97.4 cm³/mol. The Balaban J connectivity index is 1.38. The maximum Gasteiger partial charge on any atom is 0.246 e. The molecule has 2 aromatic carbocycles. The first-order valence-electron chi connectivity index (χ1n) is 8.71. The number of anilines is 2. The van der Waals surface area contributed by atoms with Crippen molar-refractivity contribution >= 4 is 23.2 Å². The minimum absolute atomic E-state index is 0.0543. The van der Waals surface area contributed by atoms with Crippen LogP contribution in [-0.2, 0) is 22.6 Å². The van der Waals surface area contributed by atoms with E-state index in [2.05, 4.69) is 39.8 Å². The molecule has 5 nitrogen and oxygen atoms in total. The van der Waals surface area contributed by atoms with Gasteiger partial charge in [-0.05, 0) is 42.2 Å². The van der Waals surface area contributed by atoms with Gasteiger partial charge < -0.3 is 15.5 Å². The first-order valence-corrected chi connectivity index (χ1v) is 8.71. The van der Waals surface area contributed by atoms with Crippen molar-refractivity contribution in [2.24, 2.45) is 0 Å². The number of hydrogen-bond acceptors (Lipinski definition) is 3. The molecule has 2 aromatic rings. The number of benzene rings is 2. The summed E-state index contributed by atoms with van der Waals surface area (Å²) >= 11 is 0. The van der Waals surface area contributed by atoms with Crippen LogP contribution in [0.15, 0.2) is 48.5 Å². The van der Waals surface area contributed by atoms with E-state index in [0.717, 1.165) is 25.2 Å². The van der Waals surface area contributed by atoms with E-state index in [9.17, 15) is 9.59 Å². The van der Waals surface area contributed by atoms with Gasteiger partial charge in [-0.15, -0.1) is 0 Å². The number of amides is 2. The van der Waals surface area contributed by atoms with Crippen molar-refractivity contribution < 1.29 is 9.59 Å². The Bertz CT molecular complexity index is 801. The molecule has 5 heteroatoms. The van der Waals surface area contributed by atoms with Gasteiger partial charge in [-0.1, -0.05) is 30.3 Å². The van der Waals surface area contributed by atoms with E-state index in [1.165, 1.54) is 16.8 Å². The highest BCUT2D eigenvalue weighted by Crippen LogP contribution is 2.29. The van der Waals surface area contributed by atoms with Crippen molar-refractivity contribution in [3.05, 3.63) is 59.7 Å². The van der Waals surface area contributed by atoms with Crippen molar-refractivity contribution in [2.75, 3.05) is 16.8 Å². The third kappa shape index (κ3) is 3.36. The zero-order valence-corrected chi connectivity index (χ0v) is 14.0. The molecule has 0 saturated carbocycles. The lowest BCUT2D eigenvalue weighted by Crippen LogP contribution is -2.37. The summed E-state index contributed by atoms with van der Waals surface area (Å²) < 4.78 is 0. The molecule has 2 amide bonds. The van der Waals surface area contributed by atoms with Crippen LogP contribution >= 0.6 is 0 Å². The Kier molecular flexibility index (Phi) is 4.14. The fourth-order valence-electron chi connectivity index (χ4n) is 3.52. The number of carbonyl (C=O) groups is 2. The number of rotatable bonds is 4. The number of nitrogens with one attached hydrogen (secondary N) is 2. The van der Waals surface area contributed by atoms with Crippen molar-refractivity contribution in [3.8, 4) is 0 Å². The Morgan fingerprint density at radius 2 is 1.92 bits per heavy atom. The van der Waals surface area contributed by atoms with E-state index >= 15 is 0 Å². The molecule has 25 heavy (non-hydrogen) atoms. The molecular formula is C20H21N3O2. The van der Waals surface area contributed by atoms with Crippen LogP contribution in [0, 0.1) is 0 Å². The average Bonchev–Trinajstić information content (AvgIpc) is 3.24. The second-order valence-corrected chi connectivity index (χ2v) is 6.65. The lowest BCUT2D eigenvalue weighted by molar-refractivity contribution is -0.122. The van der Waals surface area contributed by atoms with Crippen molar-refractivity contribution in [2.45, 2.75) is 31.8 Å². The van der Waals surface area contributed by atoms with Gasteiger partial charge in [0.1, 0.15) is 6.04 Å². The number of fused-ring (bicyclic) bond motifs is 1. The van der Waals surface area contributed by atoms with Gasteiger partial charge in [0.05, 0.1) is 0 Å². The molecule has 0 bridgehead atoms. The summed E-state index contributed by atoms with van der Waals surface area (Å²) in [5.74, 6) is -0.200. The predicted octanol–water partition coefficient (Wildman–Crippen LogP) is 2.47. The van der Waals surface area contributed by atoms with Crippen LogP contribution in [0.1, 0.15) is 24.0 Å². The van der Waals surface area contributed by atoms with Gasteiger partial charge >= 0.3 is 0 Å². The van der Waals surface area contributed by atoms with Crippen LogP contribution < -0.4 is 15.5 Å². The monoisotopic (exact) mass is 335 g/mol. The summed E-state index contributed by atoms with van der Waals surface area (Å²) in [4.78, 5) is 25.7. The fourth-order valence-corrected chi connectivity index (χ4v) is 3.52. The van der Waals surface area contributed by atoms with E-state index in [1.807, 2.05) is 24.3 Å². The van der Waals surface area contributed by atoms with Gasteiger partial charge in [0.15, 0.2) is 0 Å². The summed E-state index contributed by atoms with van der Waals surface area (Å²) in [5.41, 5.74) is 4.70. The maximum absolute atomic E-state index is 12.1. The van der Waals surface area contributed by atoms with Crippen LogP contribution in [0.25, 0.3) is 0 Å². The number of nitrogens with zero attached hydrogens (tertiary/aromatic N) is 1. The lowest BCUT2D eigenvalue weighted by Gasteiger charge is -2.19. The molecule has 1 unspecified atom stereocenters. The first-order chi connectivity index (χ1) is 12.2. The van der Waals surface area contributed by atoms with Gasteiger partial charge in [0.2, 0.25) is 11.8 Å². The van der Waals surface area contributed by atoms with Crippen molar-refractivity contribution in [1.82, 2.24) is 5.32 Å². The normalized spacial score (nSPS) is 18.8. The molecule has 1 saturated heterocycles. The van der Waals surface area contributed by atoms with Gasteiger partial charge in [-0.25, -0.2) is 0 Å². The number of hydrogen-bond donors (Lipinski definition) is 2. The smallest absolute Gasteiger partial charge is 0.246 e. The van der Waals surface area contributed by atoms with E-state index in [1.54, 1.807) is 0 Å². The van der Waals surface area contributed by atoms with Gasteiger partial charge in [0, 0.05) is 30.9 Å². The van der Waals surface area contributed by atoms with Gasteiger partial charge in [-0.3, -0.25) is 9.59 Å². The van der Waals surface area contributed by atoms with Crippen molar-refractivity contribution in [3.63, 3.8) is 0 Å². The minimum Gasteiger partial charge on any atom is -0.367 e. The molecule has 1 atom stereocenters. The molecule has 0 aliphatic carbocycles. The summed E-state index contributed by atoms with van der Waals surface area (Å²) in [6.07, 6.45) is 2.09. The molecule has 0 spiro atoms. The zero-order chi connectivity index (χ0) is 17.2. The molecule has 2 aliphatic rings. The first kappa shape index (κ1) is 15.7. The third-order valence-corrected chi connectivity index (χ3v) is 4.89. The minimum atomic E-state index is -0.409. The van der Waals surface area contributed by atoms with Crippen LogP contribution in [0.4, 0.5) is 11.4 Å². The highest BCUT2D eigenvalue weighted by molar-refractivity contribution is 5.98. The SMILES string of the molecule is O=C1CCC(C(=O)Nc2ccc(CN3CCc4ccccc43)cc2)N1. The fraction of sp³-hybridized carbons (Fsp3) is 0.300. The highest BCUT2D eigenvalue weighted by Gasteiger charge is 2.27. The average molecular weight is 335 g/mol. The zero-order valence-electron chi connectivity index (χ0n) is 14.0. The van der Waals surface area contributed by atoms with E-state index in [-0.39, 0.29) is 11.8 Å². The quantitative estimate of drug-likeness (QED) is 0.902. The standard InChI is InChI=1S/C20H21N3O2/c24-19-10-9-17(22-19)20(25)21-16-7-5-14(6-8-16)13-23-12-11-15-3-1-2-4-18(15)23/h1-8,17H,9-13H2,(H,21,25)(H,22,24). The Hall–Kier alpha value is -2.82. The van der Waals surface area contributed by atoms with E-state index in [0.29, 0.717) is 12.8 Å². The van der Waals surface area contributed by atoms with Crippen LogP contribution in [0.3, 0.4) is 0 Å². The highest BCUT2D eigenvalue weighted by atomic mass is 16.2. The Morgan fingerprint density at radius 1 is 1.12 bits per heavy atom. The molecule has 0 aromatic heterocycles.